The van der Waals surface area contributed by atoms with Gasteiger partial charge in [-0.2, -0.15) is 4.39 Å². The van der Waals surface area contributed by atoms with E-state index >= 15 is 0 Å². The maximum atomic E-state index is 13.2. The van der Waals surface area contributed by atoms with Gasteiger partial charge in [-0.25, -0.2) is 4.79 Å². The maximum Gasteiger partial charge on any atom is 0.330 e. The minimum atomic E-state index is -1.13. The van der Waals surface area contributed by atoms with Gasteiger partial charge in [-0.05, 0) is 6.08 Å². The SMILES string of the molecule is CC(=O)O[C@H]1C=CCO[C@@H]1n1cc(F)c(=O)[nH]c1=O. The van der Waals surface area contributed by atoms with Crippen LogP contribution in [0.5, 0.6) is 0 Å². The van der Waals surface area contributed by atoms with E-state index in [0.29, 0.717) is 0 Å². The number of H-pyrrole nitrogens is 1. The van der Waals surface area contributed by atoms with Crippen LogP contribution in [0, 0.1) is 5.82 Å². The van der Waals surface area contributed by atoms with Crippen molar-refractivity contribution < 1.29 is 18.7 Å². The zero-order chi connectivity index (χ0) is 14.0. The number of aromatic nitrogens is 2. The third-order valence-electron chi connectivity index (χ3n) is 2.47. The number of hydrogen-bond acceptors (Lipinski definition) is 5. The number of nitrogens with zero attached hydrogens (tertiary/aromatic N) is 1. The smallest absolute Gasteiger partial charge is 0.330 e. The number of aromatic amines is 1. The van der Waals surface area contributed by atoms with E-state index in [-0.39, 0.29) is 6.61 Å². The van der Waals surface area contributed by atoms with Crippen molar-refractivity contribution in [3.63, 3.8) is 0 Å². The highest BCUT2D eigenvalue weighted by Gasteiger charge is 2.28. The molecule has 0 saturated carbocycles. The molecule has 2 heterocycles. The van der Waals surface area contributed by atoms with Crippen molar-refractivity contribution in [3.8, 4) is 0 Å². The largest absolute Gasteiger partial charge is 0.453 e. The predicted molar refractivity (Wildman–Crippen MR) is 61.0 cm³/mol. The van der Waals surface area contributed by atoms with Crippen LogP contribution in [0.2, 0.25) is 0 Å². The number of rotatable bonds is 2. The molecule has 0 amide bonds. The molecule has 0 aliphatic carbocycles. The minimum Gasteiger partial charge on any atom is -0.453 e. The van der Waals surface area contributed by atoms with Crippen molar-refractivity contribution in [2.24, 2.45) is 0 Å². The third kappa shape index (κ3) is 2.79. The van der Waals surface area contributed by atoms with Crippen molar-refractivity contribution in [2.75, 3.05) is 6.61 Å². The summed E-state index contributed by atoms with van der Waals surface area (Å²) in [5, 5.41) is 0. The molecule has 1 aromatic rings. The Balaban J connectivity index is 2.41. The van der Waals surface area contributed by atoms with Crippen molar-refractivity contribution in [1.82, 2.24) is 9.55 Å². The number of ether oxygens (including phenoxy) is 2. The van der Waals surface area contributed by atoms with Crippen LogP contribution in [0.3, 0.4) is 0 Å². The van der Waals surface area contributed by atoms with Gasteiger partial charge in [0.2, 0.25) is 5.82 Å². The zero-order valence-electron chi connectivity index (χ0n) is 9.96. The first-order valence-corrected chi connectivity index (χ1v) is 5.45. The molecule has 2 atom stereocenters. The molecular formula is C11H11FN2O5. The topological polar surface area (TPSA) is 90.4 Å². The van der Waals surface area contributed by atoms with Gasteiger partial charge in [-0.3, -0.25) is 19.1 Å². The molecule has 0 fully saturated rings. The van der Waals surface area contributed by atoms with Gasteiger partial charge in [0.25, 0.3) is 5.56 Å². The van der Waals surface area contributed by atoms with E-state index in [9.17, 15) is 18.8 Å². The lowest BCUT2D eigenvalue weighted by atomic mass is 10.2. The predicted octanol–water partition coefficient (Wildman–Crippen LogP) is -0.308. The summed E-state index contributed by atoms with van der Waals surface area (Å²) >= 11 is 0. The summed E-state index contributed by atoms with van der Waals surface area (Å²) in [6.45, 7) is 1.38. The standard InChI is InChI=1S/C11H11FN2O5/c1-6(15)19-8-3-2-4-18-10(8)14-5-7(12)9(16)13-11(14)17/h2-3,5,8,10H,4H2,1H3,(H,13,16,17)/t8-,10-/m0/s1. The van der Waals surface area contributed by atoms with Gasteiger partial charge in [-0.1, -0.05) is 6.08 Å². The highest BCUT2D eigenvalue weighted by atomic mass is 19.1. The van der Waals surface area contributed by atoms with Crippen LogP contribution in [0.1, 0.15) is 13.2 Å². The fourth-order valence-electron chi connectivity index (χ4n) is 1.71. The Morgan fingerprint density at radius 1 is 1.58 bits per heavy atom. The van der Waals surface area contributed by atoms with Crippen LogP contribution in [-0.4, -0.2) is 28.2 Å². The summed E-state index contributed by atoms with van der Waals surface area (Å²) in [5.74, 6) is -1.69. The summed E-state index contributed by atoms with van der Waals surface area (Å²) in [6.07, 6.45) is 1.98. The van der Waals surface area contributed by atoms with Gasteiger partial charge >= 0.3 is 11.7 Å². The van der Waals surface area contributed by atoms with Gasteiger partial charge in [0.05, 0.1) is 12.8 Å². The average molecular weight is 270 g/mol. The highest BCUT2D eigenvalue weighted by Crippen LogP contribution is 2.20. The first-order chi connectivity index (χ1) is 8.99. The second kappa shape index (κ2) is 5.19. The molecule has 1 N–H and O–H groups in total. The van der Waals surface area contributed by atoms with E-state index < -0.39 is 35.4 Å². The molecule has 0 bridgehead atoms. The normalized spacial score (nSPS) is 22.2. The number of carbonyl (C=O) groups excluding carboxylic acids is 1. The first kappa shape index (κ1) is 13.2. The Kier molecular flexibility index (Phi) is 3.61. The third-order valence-corrected chi connectivity index (χ3v) is 2.47. The van der Waals surface area contributed by atoms with Gasteiger partial charge in [-0.15, -0.1) is 0 Å². The van der Waals surface area contributed by atoms with Crippen LogP contribution in [0.25, 0.3) is 0 Å². The van der Waals surface area contributed by atoms with Crippen molar-refractivity contribution in [2.45, 2.75) is 19.3 Å². The average Bonchev–Trinajstić information content (AvgIpc) is 2.34. The maximum absolute atomic E-state index is 13.2. The fraction of sp³-hybridized carbons (Fsp3) is 0.364. The molecule has 1 aromatic heterocycles. The Morgan fingerprint density at radius 3 is 3.00 bits per heavy atom. The molecule has 1 aliphatic rings. The molecule has 102 valence electrons. The summed E-state index contributed by atoms with van der Waals surface area (Å²) < 4.78 is 24.3. The van der Waals surface area contributed by atoms with Crippen molar-refractivity contribution in [1.29, 1.82) is 0 Å². The van der Waals surface area contributed by atoms with E-state index in [1.807, 2.05) is 4.98 Å². The summed E-state index contributed by atoms with van der Waals surface area (Å²) in [4.78, 5) is 35.3. The second-order valence-electron chi connectivity index (χ2n) is 3.87. The van der Waals surface area contributed by atoms with E-state index in [4.69, 9.17) is 9.47 Å². The van der Waals surface area contributed by atoms with Crippen molar-refractivity contribution >= 4 is 5.97 Å². The molecule has 0 radical (unpaired) electrons. The number of esters is 1. The molecule has 0 aromatic carbocycles. The molecule has 19 heavy (non-hydrogen) atoms. The van der Waals surface area contributed by atoms with Gasteiger partial charge < -0.3 is 9.47 Å². The zero-order valence-corrected chi connectivity index (χ0v) is 9.96. The Labute approximate surface area is 106 Å². The number of nitrogens with one attached hydrogen (secondary N) is 1. The quantitative estimate of drug-likeness (QED) is 0.588. The van der Waals surface area contributed by atoms with Crippen molar-refractivity contribution in [3.05, 3.63) is 45.0 Å². The van der Waals surface area contributed by atoms with Gasteiger partial charge in [0, 0.05) is 6.92 Å². The summed E-state index contributed by atoms with van der Waals surface area (Å²) in [7, 11) is 0. The number of halogens is 1. The van der Waals surface area contributed by atoms with E-state index in [2.05, 4.69) is 0 Å². The molecular weight excluding hydrogens is 259 g/mol. The monoisotopic (exact) mass is 270 g/mol. The summed E-state index contributed by atoms with van der Waals surface area (Å²) in [6, 6.07) is 0. The van der Waals surface area contributed by atoms with Crippen LogP contribution in [0.4, 0.5) is 4.39 Å². The number of carbonyl (C=O) groups is 1. The Hall–Kier alpha value is -2.22. The van der Waals surface area contributed by atoms with Crippen LogP contribution >= 0.6 is 0 Å². The minimum absolute atomic E-state index is 0.176. The van der Waals surface area contributed by atoms with Gasteiger partial charge in [0.1, 0.15) is 0 Å². The Morgan fingerprint density at radius 2 is 2.32 bits per heavy atom. The molecule has 1 aliphatic heterocycles. The van der Waals surface area contributed by atoms with Crippen LogP contribution < -0.4 is 11.2 Å². The summed E-state index contributed by atoms with van der Waals surface area (Å²) in [5.41, 5.74) is -1.96. The molecule has 2 rings (SSSR count). The lowest BCUT2D eigenvalue weighted by Crippen LogP contribution is -2.41. The van der Waals surface area contributed by atoms with Gasteiger partial charge in [0.15, 0.2) is 12.3 Å². The molecule has 0 saturated heterocycles. The van der Waals surface area contributed by atoms with E-state index in [1.54, 1.807) is 6.08 Å². The Bertz CT molecular complexity index is 633. The molecule has 0 unspecified atom stereocenters. The van der Waals surface area contributed by atoms with Crippen LogP contribution in [-0.2, 0) is 14.3 Å². The van der Waals surface area contributed by atoms with E-state index in [1.165, 1.54) is 13.0 Å². The lowest BCUT2D eigenvalue weighted by molar-refractivity contribution is -0.157. The molecule has 0 spiro atoms. The second-order valence-corrected chi connectivity index (χ2v) is 3.87. The molecule has 8 heteroatoms. The lowest BCUT2D eigenvalue weighted by Gasteiger charge is -2.28. The van der Waals surface area contributed by atoms with Crippen LogP contribution in [0.15, 0.2) is 27.9 Å². The first-order valence-electron chi connectivity index (χ1n) is 5.45. The van der Waals surface area contributed by atoms with E-state index in [0.717, 1.165) is 10.8 Å². The fourth-order valence-corrected chi connectivity index (χ4v) is 1.71. The highest BCUT2D eigenvalue weighted by molar-refractivity contribution is 5.66. The number of hydrogen-bond donors (Lipinski definition) is 1. The molecule has 7 nitrogen and oxygen atoms in total.